The highest BCUT2D eigenvalue weighted by Crippen LogP contribution is 2.24. The van der Waals surface area contributed by atoms with Crippen molar-refractivity contribution in [2.45, 2.75) is 25.7 Å². The Labute approximate surface area is 98.2 Å². The van der Waals surface area contributed by atoms with E-state index in [1.165, 1.54) is 12.1 Å². The molecule has 2 rings (SSSR count). The van der Waals surface area contributed by atoms with Crippen LogP contribution in [-0.4, -0.2) is 11.8 Å². The number of amides is 2. The van der Waals surface area contributed by atoms with E-state index in [9.17, 15) is 14.0 Å². The lowest BCUT2D eigenvalue weighted by Crippen LogP contribution is -2.35. The van der Waals surface area contributed by atoms with E-state index in [1.54, 1.807) is 0 Å². The van der Waals surface area contributed by atoms with Crippen molar-refractivity contribution in [3.8, 4) is 0 Å². The summed E-state index contributed by atoms with van der Waals surface area (Å²) in [7, 11) is 0. The predicted octanol–water partition coefficient (Wildman–Crippen LogP) is 1.84. The third kappa shape index (κ3) is 2.27. The normalized spacial score (nSPS) is 17.1. The lowest BCUT2D eigenvalue weighted by molar-refractivity contribution is -0.125. The maximum absolute atomic E-state index is 13.3. The third-order valence-corrected chi connectivity index (χ3v) is 2.77. The summed E-state index contributed by atoms with van der Waals surface area (Å²) in [6.07, 6.45) is 2.02. The molecule has 1 aromatic rings. The average molecular weight is 236 g/mol. The first-order valence-electron chi connectivity index (χ1n) is 5.50. The molecular formula is C12H13FN2O2. The van der Waals surface area contributed by atoms with Crippen molar-refractivity contribution in [1.82, 2.24) is 0 Å². The fraction of sp³-hybridized carbons (Fsp3) is 0.333. The van der Waals surface area contributed by atoms with Crippen molar-refractivity contribution >= 4 is 23.2 Å². The lowest BCUT2D eigenvalue weighted by Gasteiger charge is -2.18. The molecule has 0 atom stereocenters. The van der Waals surface area contributed by atoms with Gasteiger partial charge >= 0.3 is 0 Å². The monoisotopic (exact) mass is 236 g/mol. The molecule has 1 saturated heterocycles. The molecule has 17 heavy (non-hydrogen) atoms. The number of hydrogen-bond acceptors (Lipinski definition) is 3. The Morgan fingerprint density at radius 1 is 1.12 bits per heavy atom. The number of rotatable bonds is 1. The summed E-state index contributed by atoms with van der Waals surface area (Å²) in [6.45, 7) is 0. The second kappa shape index (κ2) is 4.53. The molecule has 0 unspecified atom stereocenters. The van der Waals surface area contributed by atoms with Crippen LogP contribution < -0.4 is 10.6 Å². The molecule has 0 aliphatic carbocycles. The Kier molecular flexibility index (Phi) is 3.08. The quantitative estimate of drug-likeness (QED) is 0.597. The number of carbonyl (C=O) groups excluding carboxylic acids is 2. The summed E-state index contributed by atoms with van der Waals surface area (Å²) in [6, 6.07) is 3.96. The van der Waals surface area contributed by atoms with Crippen LogP contribution in [0, 0.1) is 5.82 Å². The van der Waals surface area contributed by atoms with Gasteiger partial charge in [-0.3, -0.25) is 14.5 Å². The number of hydrogen-bond donors (Lipinski definition) is 1. The number of imide groups is 1. The Morgan fingerprint density at radius 2 is 1.71 bits per heavy atom. The van der Waals surface area contributed by atoms with Crippen LogP contribution in [0.1, 0.15) is 25.7 Å². The van der Waals surface area contributed by atoms with Gasteiger partial charge in [-0.25, -0.2) is 4.39 Å². The summed E-state index contributed by atoms with van der Waals surface area (Å²) >= 11 is 0. The van der Waals surface area contributed by atoms with Gasteiger partial charge in [0.15, 0.2) is 0 Å². The van der Waals surface area contributed by atoms with E-state index in [-0.39, 0.29) is 23.2 Å². The van der Waals surface area contributed by atoms with Gasteiger partial charge in [-0.15, -0.1) is 0 Å². The second-order valence-electron chi connectivity index (χ2n) is 4.04. The first-order valence-corrected chi connectivity index (χ1v) is 5.50. The van der Waals surface area contributed by atoms with Gasteiger partial charge in [0.1, 0.15) is 5.82 Å². The molecule has 1 aliphatic rings. The molecule has 1 fully saturated rings. The van der Waals surface area contributed by atoms with Crippen molar-refractivity contribution < 1.29 is 14.0 Å². The molecule has 2 amide bonds. The zero-order valence-electron chi connectivity index (χ0n) is 9.28. The van der Waals surface area contributed by atoms with Crippen LogP contribution in [0.25, 0.3) is 0 Å². The average Bonchev–Trinajstić information content (AvgIpc) is 2.45. The second-order valence-corrected chi connectivity index (χ2v) is 4.04. The molecule has 5 heteroatoms. The van der Waals surface area contributed by atoms with Crippen molar-refractivity contribution in [2.24, 2.45) is 0 Å². The largest absolute Gasteiger partial charge is 0.396 e. The maximum atomic E-state index is 13.3. The first-order chi connectivity index (χ1) is 8.09. The van der Waals surface area contributed by atoms with E-state index in [1.807, 2.05) is 0 Å². The number of halogens is 1. The summed E-state index contributed by atoms with van der Waals surface area (Å²) in [5, 5.41) is 0. The van der Waals surface area contributed by atoms with Crippen LogP contribution in [0.15, 0.2) is 18.2 Å². The van der Waals surface area contributed by atoms with E-state index >= 15 is 0 Å². The maximum Gasteiger partial charge on any atom is 0.233 e. The van der Waals surface area contributed by atoms with Crippen LogP contribution in [0.5, 0.6) is 0 Å². The molecule has 0 aromatic heterocycles. The van der Waals surface area contributed by atoms with E-state index in [0.717, 1.165) is 11.0 Å². The van der Waals surface area contributed by atoms with Gasteiger partial charge in [0.05, 0.1) is 11.4 Å². The van der Waals surface area contributed by atoms with Gasteiger partial charge in [-0.2, -0.15) is 0 Å². The van der Waals surface area contributed by atoms with E-state index in [4.69, 9.17) is 5.73 Å². The fourth-order valence-corrected chi connectivity index (χ4v) is 1.86. The van der Waals surface area contributed by atoms with Gasteiger partial charge in [0, 0.05) is 18.9 Å². The van der Waals surface area contributed by atoms with Gasteiger partial charge in [-0.05, 0) is 25.0 Å². The standard InChI is InChI=1S/C12H13FN2O2/c13-9-7-8(5-6-10(9)14)15-11(16)3-1-2-4-12(15)17/h5-7H,1-4,14H2. The van der Waals surface area contributed by atoms with Crippen LogP contribution in [0.4, 0.5) is 15.8 Å². The summed E-state index contributed by atoms with van der Waals surface area (Å²) in [5.41, 5.74) is 5.62. The van der Waals surface area contributed by atoms with Gasteiger partial charge < -0.3 is 5.73 Å². The van der Waals surface area contributed by atoms with Crippen molar-refractivity contribution in [3.05, 3.63) is 24.0 Å². The first kappa shape index (κ1) is 11.6. The Hall–Kier alpha value is -1.91. The number of nitrogen functional groups attached to an aromatic ring is 1. The summed E-state index contributed by atoms with van der Waals surface area (Å²) in [4.78, 5) is 24.6. The van der Waals surface area contributed by atoms with E-state index < -0.39 is 5.82 Å². The van der Waals surface area contributed by atoms with Gasteiger partial charge in [0.2, 0.25) is 11.8 Å². The van der Waals surface area contributed by atoms with E-state index in [2.05, 4.69) is 0 Å². The molecule has 0 spiro atoms. The molecule has 0 bridgehead atoms. The molecule has 0 saturated carbocycles. The van der Waals surface area contributed by atoms with Crippen LogP contribution >= 0.6 is 0 Å². The number of anilines is 2. The molecule has 1 aromatic carbocycles. The minimum atomic E-state index is -0.618. The molecule has 2 N–H and O–H groups in total. The third-order valence-electron chi connectivity index (χ3n) is 2.77. The van der Waals surface area contributed by atoms with Crippen LogP contribution in [0.3, 0.4) is 0 Å². The van der Waals surface area contributed by atoms with Crippen LogP contribution in [0.2, 0.25) is 0 Å². The molecule has 90 valence electrons. The van der Waals surface area contributed by atoms with Crippen molar-refractivity contribution in [1.29, 1.82) is 0 Å². The summed E-state index contributed by atoms with van der Waals surface area (Å²) < 4.78 is 13.3. The van der Waals surface area contributed by atoms with Gasteiger partial charge in [-0.1, -0.05) is 0 Å². The smallest absolute Gasteiger partial charge is 0.233 e. The van der Waals surface area contributed by atoms with Crippen molar-refractivity contribution in [3.63, 3.8) is 0 Å². The van der Waals surface area contributed by atoms with Crippen molar-refractivity contribution in [2.75, 3.05) is 10.6 Å². The fourth-order valence-electron chi connectivity index (χ4n) is 1.86. The zero-order chi connectivity index (χ0) is 12.4. The van der Waals surface area contributed by atoms with Gasteiger partial charge in [0.25, 0.3) is 0 Å². The minimum absolute atomic E-state index is 0.00321. The Bertz CT molecular complexity index is 456. The molecule has 1 heterocycles. The Balaban J connectivity index is 2.38. The topological polar surface area (TPSA) is 63.4 Å². The highest BCUT2D eigenvalue weighted by atomic mass is 19.1. The molecular weight excluding hydrogens is 223 g/mol. The molecule has 0 radical (unpaired) electrons. The molecule has 4 nitrogen and oxygen atoms in total. The number of carbonyl (C=O) groups is 2. The lowest BCUT2D eigenvalue weighted by atomic mass is 10.2. The van der Waals surface area contributed by atoms with Crippen LogP contribution in [-0.2, 0) is 9.59 Å². The highest BCUT2D eigenvalue weighted by Gasteiger charge is 2.25. The molecule has 1 aliphatic heterocycles. The zero-order valence-corrected chi connectivity index (χ0v) is 9.28. The number of benzene rings is 1. The highest BCUT2D eigenvalue weighted by molar-refractivity contribution is 6.15. The minimum Gasteiger partial charge on any atom is -0.396 e. The predicted molar refractivity (Wildman–Crippen MR) is 61.8 cm³/mol. The Morgan fingerprint density at radius 3 is 2.24 bits per heavy atom. The SMILES string of the molecule is Nc1ccc(N2C(=O)CCCCC2=O)cc1F. The van der Waals surface area contributed by atoms with E-state index in [0.29, 0.717) is 25.7 Å². The number of nitrogens with two attached hydrogens (primary N) is 1. The summed E-state index contributed by atoms with van der Waals surface area (Å²) in [5.74, 6) is -1.18. The number of nitrogens with zero attached hydrogens (tertiary/aromatic N) is 1.